The average Bonchev–Trinajstić information content (AvgIpc) is 1.71. The molecule has 9 rings (SSSR count). The molecule has 35 heteroatoms. The fourth-order valence-electron chi connectivity index (χ4n) is 15.8. The number of piperidine rings is 1. The summed E-state index contributed by atoms with van der Waals surface area (Å²) >= 11 is 0.846. The molecule has 15 N–H and O–H groups in total. The van der Waals surface area contributed by atoms with E-state index >= 15 is 43.2 Å². The van der Waals surface area contributed by atoms with E-state index < -0.39 is 187 Å². The third kappa shape index (κ3) is 28.9. The van der Waals surface area contributed by atoms with Gasteiger partial charge >= 0.3 is 0 Å². The number of nitrogens with two attached hydrogens (primary N) is 1. The van der Waals surface area contributed by atoms with Crippen LogP contribution in [0.25, 0.3) is 10.9 Å². The number of aliphatic hydroxyl groups excluding tert-OH is 1. The van der Waals surface area contributed by atoms with Crippen LogP contribution in [0.2, 0.25) is 0 Å². The number of H-pyrrole nitrogens is 1. The number of phenolic OH excluding ortho intramolecular Hbond substituents is 2. The Kier molecular flexibility index (Phi) is 37.6. The summed E-state index contributed by atoms with van der Waals surface area (Å²) in [5, 5.41) is 56.8. The van der Waals surface area contributed by atoms with Crippen LogP contribution in [0.15, 0.2) is 170 Å². The maximum absolute atomic E-state index is 15.8. The normalized spacial score (nSPS) is 23.0. The predicted molar refractivity (Wildman–Crippen MR) is 484 cm³/mol. The number of hydrogen-bond donors (Lipinski definition) is 14. The van der Waals surface area contributed by atoms with Gasteiger partial charge in [0.15, 0.2) is 0 Å². The Bertz CT molecular complexity index is 5030. The largest absolute Gasteiger partial charge is 0.508 e. The fraction of sp³-hybridized carbons (Fsp3) is 0.436. The summed E-state index contributed by atoms with van der Waals surface area (Å²) < 4.78 is 0. The van der Waals surface area contributed by atoms with E-state index in [2.05, 4.69) is 52.8 Å². The zero-order chi connectivity index (χ0) is 93.5. The van der Waals surface area contributed by atoms with Gasteiger partial charge < -0.3 is 98.4 Å². The summed E-state index contributed by atoms with van der Waals surface area (Å²) in [6, 6.07) is 27.2. The lowest BCUT2D eigenvalue weighted by Gasteiger charge is -2.38. The molecule has 2 fully saturated rings. The molecule has 0 aliphatic carbocycles. The standard InChI is InChI=1S/C94H120N16O18S/c1-9-11-33-77-93(127)106(5)53-81(115)99-74(54-111)87(121)100-67(10-2)90(124)108(7)78(48-59-27-17-13-18-28-59)89(123)104-73(47-62-37-41-65(113)42-38-62)92(126)110-43-24-23-34-76(110)88(122)103-71(50-63-51-96-68-32-22-21-31-66(63)68)86(120)102-70(45-61-35-39-64(112)40-36-61)85(119)101-69(44-57(3)4)84(118)105-75(83(117)97-52-80(95)114)55-129-56-82(116)98-72(46-58-25-15-12-16-26-58)91(125)109(8)79(94(128)107(77)6)49-60-29-19-14-20-30-60/h12-22,25-32,35-42,51,57,67,69-79,96,111-113H,9-11,23-24,33-34,43-50,52-56H2,1-8H3,(H2,95,114)(H,97,117)(H,98,116)(H,99,115)(H,100,121)(H,101,119)(H,102,120)(H,103,122)(H,104,123)(H,105,118)/t67-,69-,70-,71-,72-,73-,74-,75-,76+,77-,78-,79-/m0/s1. The molecule has 12 atom stereocenters. The number of para-hydroxylation sites is 1. The van der Waals surface area contributed by atoms with Gasteiger partial charge in [0.05, 0.1) is 25.4 Å². The Balaban J connectivity index is 1.11. The SMILES string of the molecule is CCCC[C@H]1C(=O)N(C)CC(=O)N[C@@H](CO)C(=O)N[C@@H](CC)C(=O)N(C)[C@@H](Cc2ccccc2)C(=O)N[C@@H](Cc2ccc(O)cc2)C(=O)N2CCCC[C@@H]2C(=O)N[C@@H](Cc2c[nH]c3ccccc23)C(=O)N[C@@H](Cc2ccc(O)cc2)C(=O)N[C@@H](CC(C)C)C(=O)N[C@H](C(=O)NCC(N)=O)CSCC(=O)N[C@@H](Cc2ccccc2)C(=O)N(C)[C@@H](Cc2ccccc2)C(=O)N1C. The third-order valence-corrected chi connectivity index (χ3v) is 24.0. The summed E-state index contributed by atoms with van der Waals surface area (Å²) in [6.45, 7) is 4.54. The first kappa shape index (κ1) is 99.6. The van der Waals surface area contributed by atoms with Crippen molar-refractivity contribution in [1.29, 1.82) is 0 Å². The van der Waals surface area contributed by atoms with Crippen molar-refractivity contribution in [3.05, 3.63) is 203 Å². The smallest absolute Gasteiger partial charge is 0.246 e. The Morgan fingerprint density at radius 3 is 1.53 bits per heavy atom. The molecule has 129 heavy (non-hydrogen) atoms. The number of rotatable bonds is 22. The highest BCUT2D eigenvalue weighted by atomic mass is 32.2. The van der Waals surface area contributed by atoms with Gasteiger partial charge in [-0.15, -0.1) is 11.8 Å². The molecule has 0 radical (unpaired) electrons. The van der Waals surface area contributed by atoms with E-state index in [1.54, 1.807) is 142 Å². The Hall–Kier alpha value is -13.2. The van der Waals surface area contributed by atoms with Crippen molar-refractivity contribution in [2.45, 2.75) is 190 Å². The zero-order valence-corrected chi connectivity index (χ0v) is 74.8. The molecule has 0 saturated carbocycles. The van der Waals surface area contributed by atoms with E-state index in [1.807, 2.05) is 6.92 Å². The van der Waals surface area contributed by atoms with Crippen LogP contribution < -0.4 is 53.6 Å². The summed E-state index contributed by atoms with van der Waals surface area (Å²) in [6.07, 6.45) is 2.24. The number of nitrogens with one attached hydrogen (secondary N) is 10. The highest BCUT2D eigenvalue weighted by molar-refractivity contribution is 8.00. The Morgan fingerprint density at radius 2 is 0.953 bits per heavy atom. The van der Waals surface area contributed by atoms with Gasteiger partial charge in [0, 0.05) is 96.1 Å². The lowest BCUT2D eigenvalue weighted by Crippen LogP contribution is -2.63. The molecule has 1 aromatic heterocycles. The van der Waals surface area contributed by atoms with Gasteiger partial charge in [0.2, 0.25) is 88.6 Å². The second-order valence-corrected chi connectivity index (χ2v) is 34.2. The molecule has 2 saturated heterocycles. The van der Waals surface area contributed by atoms with Crippen LogP contribution in [0.1, 0.15) is 112 Å². The quantitative estimate of drug-likeness (QED) is 0.0463. The number of fused-ring (bicyclic) bond motifs is 2. The minimum absolute atomic E-state index is 0.0341. The number of hydrogen-bond acceptors (Lipinski definition) is 19. The number of primary amides is 1. The van der Waals surface area contributed by atoms with Crippen LogP contribution in [-0.4, -0.2) is 272 Å². The first-order valence-electron chi connectivity index (χ1n) is 43.5. The van der Waals surface area contributed by atoms with Crippen molar-refractivity contribution in [2.75, 3.05) is 65.9 Å². The maximum Gasteiger partial charge on any atom is 0.246 e. The summed E-state index contributed by atoms with van der Waals surface area (Å²) in [5.41, 5.74) is 9.34. The van der Waals surface area contributed by atoms with Gasteiger partial charge in [0.1, 0.15) is 84.0 Å². The zero-order valence-electron chi connectivity index (χ0n) is 74.0. The molecule has 6 aromatic carbocycles. The minimum Gasteiger partial charge on any atom is -0.508 e. The molecule has 2 aliphatic heterocycles. The van der Waals surface area contributed by atoms with Crippen LogP contribution >= 0.6 is 11.8 Å². The van der Waals surface area contributed by atoms with Crippen LogP contribution in [0, 0.1) is 5.92 Å². The van der Waals surface area contributed by atoms with Gasteiger partial charge in [-0.3, -0.25) is 71.9 Å². The molecule has 7 aromatic rings. The number of unbranched alkanes of at least 4 members (excludes halogenated alkanes) is 1. The van der Waals surface area contributed by atoms with Crippen molar-refractivity contribution in [3.63, 3.8) is 0 Å². The third-order valence-electron chi connectivity index (χ3n) is 23.0. The van der Waals surface area contributed by atoms with Crippen molar-refractivity contribution in [3.8, 4) is 11.5 Å². The molecular weight excluding hydrogens is 1670 g/mol. The van der Waals surface area contributed by atoms with Crippen LogP contribution in [-0.2, 0) is 110 Å². The van der Waals surface area contributed by atoms with Crippen molar-refractivity contribution in [1.82, 2.24) is 77.3 Å². The molecular formula is C94H120N16O18S. The van der Waals surface area contributed by atoms with Gasteiger partial charge in [-0.2, -0.15) is 0 Å². The average molecular weight is 1790 g/mol. The molecule has 690 valence electrons. The van der Waals surface area contributed by atoms with Crippen molar-refractivity contribution >= 4 is 111 Å². The number of benzene rings is 6. The number of amides is 15. The second-order valence-electron chi connectivity index (χ2n) is 33.2. The molecule has 0 bridgehead atoms. The van der Waals surface area contributed by atoms with Crippen molar-refractivity contribution in [2.24, 2.45) is 11.7 Å². The van der Waals surface area contributed by atoms with E-state index in [-0.39, 0.29) is 93.9 Å². The lowest BCUT2D eigenvalue weighted by atomic mass is 9.96. The summed E-state index contributed by atoms with van der Waals surface area (Å²) in [4.78, 5) is 233. The fourth-order valence-corrected chi connectivity index (χ4v) is 16.6. The monoisotopic (exact) mass is 1790 g/mol. The molecule has 0 unspecified atom stereocenters. The lowest BCUT2D eigenvalue weighted by molar-refractivity contribution is -0.151. The highest BCUT2D eigenvalue weighted by Gasteiger charge is 2.44. The number of nitrogens with zero attached hydrogens (tertiary/aromatic N) is 5. The van der Waals surface area contributed by atoms with Gasteiger partial charge in [0.25, 0.3) is 0 Å². The van der Waals surface area contributed by atoms with Gasteiger partial charge in [-0.05, 0) is 108 Å². The van der Waals surface area contributed by atoms with Crippen LogP contribution in [0.3, 0.4) is 0 Å². The summed E-state index contributed by atoms with van der Waals surface area (Å²) in [5.74, 6) is -14.1. The number of phenols is 2. The Labute approximate surface area is 754 Å². The molecule has 2 aliphatic rings. The number of aliphatic hydroxyl groups is 1. The number of carbonyl (C=O) groups excluding carboxylic acids is 15. The van der Waals surface area contributed by atoms with E-state index in [1.165, 1.54) is 91.4 Å². The molecule has 15 amide bonds. The van der Waals surface area contributed by atoms with E-state index in [9.17, 15) is 44.1 Å². The predicted octanol–water partition coefficient (Wildman–Crippen LogP) is 2.52. The van der Waals surface area contributed by atoms with E-state index in [4.69, 9.17) is 5.73 Å². The van der Waals surface area contributed by atoms with E-state index in [0.29, 0.717) is 70.0 Å². The number of aromatic hydroxyl groups is 2. The second kappa shape index (κ2) is 48.7. The number of likely N-dealkylation sites (N-methyl/N-ethyl adjacent to an activating group) is 4. The van der Waals surface area contributed by atoms with Crippen molar-refractivity contribution < 1.29 is 87.2 Å². The first-order chi connectivity index (χ1) is 61.7. The minimum atomic E-state index is -1.73. The number of aromatic nitrogens is 1. The molecule has 3 heterocycles. The number of aromatic amines is 1. The Morgan fingerprint density at radius 1 is 0.481 bits per heavy atom. The van der Waals surface area contributed by atoms with Crippen LogP contribution in [0.4, 0.5) is 0 Å². The van der Waals surface area contributed by atoms with E-state index in [0.717, 1.165) is 21.6 Å². The molecule has 34 nitrogen and oxygen atoms in total. The number of thioether (sulfide) groups is 1. The summed E-state index contributed by atoms with van der Waals surface area (Å²) in [7, 11) is 5.43. The van der Waals surface area contributed by atoms with Gasteiger partial charge in [-0.1, -0.05) is 174 Å². The number of carbonyl (C=O) groups is 15. The highest BCUT2D eigenvalue weighted by Crippen LogP contribution is 2.27. The van der Waals surface area contributed by atoms with Gasteiger partial charge in [-0.25, -0.2) is 0 Å². The first-order valence-corrected chi connectivity index (χ1v) is 44.6. The molecule has 0 spiro atoms. The maximum atomic E-state index is 15.8. The topological polar surface area (TPSA) is 483 Å². The van der Waals surface area contributed by atoms with Crippen LogP contribution in [0.5, 0.6) is 11.5 Å².